The summed E-state index contributed by atoms with van der Waals surface area (Å²) in [6.07, 6.45) is 0.485. The first-order valence-electron chi connectivity index (χ1n) is 1.62. The molecule has 2 amide bonds. The van der Waals surface area contributed by atoms with Gasteiger partial charge < -0.3 is 0 Å². The fourth-order valence-electron chi connectivity index (χ4n) is 0.0874. The summed E-state index contributed by atoms with van der Waals surface area (Å²) in [7, 11) is 0. The van der Waals surface area contributed by atoms with Crippen molar-refractivity contribution in [3.05, 3.63) is 0 Å². The molecule has 6 heteroatoms. The van der Waals surface area contributed by atoms with Crippen LogP contribution in [0.2, 0.25) is 0 Å². The number of hydrogen-bond donors (Lipinski definition) is 2. The quantitative estimate of drug-likeness (QED) is 0.195. The summed E-state index contributed by atoms with van der Waals surface area (Å²) in [4.78, 5) is 26.2. The Labute approximate surface area is 44.6 Å². The van der Waals surface area contributed by atoms with Crippen molar-refractivity contribution < 1.29 is 19.6 Å². The van der Waals surface area contributed by atoms with Gasteiger partial charge >= 0.3 is 0 Å². The van der Waals surface area contributed by atoms with Crippen molar-refractivity contribution in [3.63, 3.8) is 0 Å². The fourth-order valence-corrected chi connectivity index (χ4v) is 0.0874. The van der Waals surface area contributed by atoms with Crippen molar-refractivity contribution in [2.75, 3.05) is 0 Å². The van der Waals surface area contributed by atoms with E-state index in [9.17, 15) is 9.59 Å². The zero-order chi connectivity index (χ0) is 6.24. The van der Waals surface area contributed by atoms with Crippen LogP contribution in [0.5, 0.6) is 0 Å². The van der Waals surface area contributed by atoms with Crippen LogP contribution in [0.15, 0.2) is 0 Å². The monoisotopic (exact) mass is 120 g/mol. The van der Waals surface area contributed by atoms with E-state index < -0.39 is 0 Å². The van der Waals surface area contributed by atoms with Gasteiger partial charge in [0.25, 0.3) is 0 Å². The first-order valence-corrected chi connectivity index (χ1v) is 1.62. The van der Waals surface area contributed by atoms with Crippen LogP contribution in [0.1, 0.15) is 0 Å². The van der Waals surface area contributed by atoms with Gasteiger partial charge in [0.1, 0.15) is 0 Å². The SMILES string of the molecule is O=CNOONC=O. The molecule has 0 fully saturated rings. The van der Waals surface area contributed by atoms with Crippen molar-refractivity contribution in [2.24, 2.45) is 0 Å². The lowest BCUT2D eigenvalue weighted by molar-refractivity contribution is -0.354. The molecule has 0 aromatic heterocycles. The Morgan fingerprint density at radius 2 is 1.38 bits per heavy atom. The summed E-state index contributed by atoms with van der Waals surface area (Å²) in [6.45, 7) is 0. The van der Waals surface area contributed by atoms with Crippen LogP contribution < -0.4 is 11.0 Å². The highest BCUT2D eigenvalue weighted by Gasteiger charge is 1.76. The first kappa shape index (κ1) is 6.86. The summed E-state index contributed by atoms with van der Waals surface area (Å²) in [5.74, 6) is 0. The fraction of sp³-hybridized carbons (Fsp3) is 0. The molecule has 0 unspecified atom stereocenters. The number of hydrogen-bond acceptors (Lipinski definition) is 4. The number of carbonyl (C=O) groups excluding carboxylic acids is 2. The van der Waals surface area contributed by atoms with Gasteiger partial charge in [0.2, 0.25) is 12.8 Å². The van der Waals surface area contributed by atoms with Crippen molar-refractivity contribution in [1.29, 1.82) is 0 Å². The molecule has 46 valence electrons. The molecule has 0 aliphatic carbocycles. The van der Waals surface area contributed by atoms with Gasteiger partial charge in [-0.05, 0) is 0 Å². The molecular formula is C2H4N2O4. The second-order valence-corrected chi connectivity index (χ2v) is 0.638. The Bertz CT molecular complexity index is 64.4. The van der Waals surface area contributed by atoms with Crippen LogP contribution in [0.3, 0.4) is 0 Å². The summed E-state index contributed by atoms with van der Waals surface area (Å²) in [6, 6.07) is 0. The van der Waals surface area contributed by atoms with Gasteiger partial charge in [-0.25, -0.2) is 11.0 Å². The highest BCUT2D eigenvalue weighted by Crippen LogP contribution is 1.56. The summed E-state index contributed by atoms with van der Waals surface area (Å²) in [5, 5.41) is 0. The minimum absolute atomic E-state index is 0.243. The Balaban J connectivity index is 2.71. The van der Waals surface area contributed by atoms with Crippen LogP contribution in [-0.4, -0.2) is 12.8 Å². The minimum atomic E-state index is 0.243. The predicted molar refractivity (Wildman–Crippen MR) is 20.6 cm³/mol. The lowest BCUT2D eigenvalue weighted by atomic mass is 11.5. The number of hydroxylamine groups is 2. The molecule has 0 saturated carbocycles. The maximum absolute atomic E-state index is 9.34. The molecule has 0 radical (unpaired) electrons. The van der Waals surface area contributed by atoms with Crippen LogP contribution >= 0.6 is 0 Å². The number of amides is 2. The highest BCUT2D eigenvalue weighted by molar-refractivity contribution is 5.44. The number of nitrogens with one attached hydrogen (secondary N) is 2. The first-order chi connectivity index (χ1) is 3.91. The van der Waals surface area contributed by atoms with E-state index in [1.807, 2.05) is 0 Å². The second-order valence-electron chi connectivity index (χ2n) is 0.638. The van der Waals surface area contributed by atoms with Gasteiger partial charge in [0.15, 0.2) is 0 Å². The Kier molecular flexibility index (Phi) is 5.02. The van der Waals surface area contributed by atoms with Crippen molar-refractivity contribution in [1.82, 2.24) is 11.0 Å². The molecule has 8 heavy (non-hydrogen) atoms. The molecule has 0 spiro atoms. The maximum atomic E-state index is 9.34. The Morgan fingerprint density at radius 1 is 1.00 bits per heavy atom. The third-order valence-electron chi connectivity index (χ3n) is 0.234. The highest BCUT2D eigenvalue weighted by atomic mass is 17.3. The number of carbonyl (C=O) groups is 2. The van der Waals surface area contributed by atoms with E-state index in [1.165, 1.54) is 0 Å². The van der Waals surface area contributed by atoms with E-state index in [1.54, 1.807) is 11.0 Å². The van der Waals surface area contributed by atoms with Gasteiger partial charge in [0, 0.05) is 0 Å². The zero-order valence-electron chi connectivity index (χ0n) is 3.79. The maximum Gasteiger partial charge on any atom is 0.233 e. The summed E-state index contributed by atoms with van der Waals surface area (Å²) >= 11 is 0. The van der Waals surface area contributed by atoms with E-state index in [-0.39, 0.29) is 12.8 Å². The van der Waals surface area contributed by atoms with Crippen molar-refractivity contribution in [3.8, 4) is 0 Å². The average Bonchev–Trinajstić information content (AvgIpc) is 1.81. The van der Waals surface area contributed by atoms with E-state index in [2.05, 4.69) is 9.98 Å². The summed E-state index contributed by atoms with van der Waals surface area (Å²) < 4.78 is 0. The van der Waals surface area contributed by atoms with Gasteiger partial charge in [-0.15, -0.1) is 0 Å². The topological polar surface area (TPSA) is 76.7 Å². The molecule has 0 saturated heterocycles. The van der Waals surface area contributed by atoms with Gasteiger partial charge in [0.05, 0.1) is 0 Å². The molecule has 0 atom stereocenters. The molecule has 0 aliphatic heterocycles. The molecule has 0 aliphatic rings. The lowest BCUT2D eigenvalue weighted by Gasteiger charge is -1.93. The lowest BCUT2D eigenvalue weighted by Crippen LogP contribution is -2.19. The molecule has 0 aromatic rings. The van der Waals surface area contributed by atoms with Gasteiger partial charge in [-0.2, -0.15) is 0 Å². The van der Waals surface area contributed by atoms with Crippen LogP contribution in [0, 0.1) is 0 Å². The van der Waals surface area contributed by atoms with E-state index in [4.69, 9.17) is 0 Å². The normalized spacial score (nSPS) is 7.50. The molecule has 0 rings (SSSR count). The van der Waals surface area contributed by atoms with E-state index in [0.29, 0.717) is 0 Å². The predicted octanol–water partition coefficient (Wildman–Crippen LogP) is -1.74. The third kappa shape index (κ3) is 4.86. The van der Waals surface area contributed by atoms with E-state index >= 15 is 0 Å². The Hall–Kier alpha value is -1.14. The van der Waals surface area contributed by atoms with Crippen molar-refractivity contribution >= 4 is 12.8 Å². The second kappa shape index (κ2) is 5.86. The minimum Gasteiger partial charge on any atom is -0.277 e. The number of rotatable bonds is 5. The molecule has 6 nitrogen and oxygen atoms in total. The zero-order valence-corrected chi connectivity index (χ0v) is 3.79. The van der Waals surface area contributed by atoms with Crippen LogP contribution in [0.25, 0.3) is 0 Å². The summed E-state index contributed by atoms with van der Waals surface area (Å²) in [5.41, 5.74) is 3.32. The largest absolute Gasteiger partial charge is 0.277 e. The molecule has 0 aromatic carbocycles. The average molecular weight is 120 g/mol. The standard InChI is InChI=1S/C2H4N2O4/c5-1-3-7-8-4-2-6/h1-2H,(H,3,5)(H,4,6). The third-order valence-corrected chi connectivity index (χ3v) is 0.234. The molecular weight excluding hydrogens is 116 g/mol. The van der Waals surface area contributed by atoms with Crippen LogP contribution in [-0.2, 0) is 19.6 Å². The van der Waals surface area contributed by atoms with Crippen molar-refractivity contribution in [2.45, 2.75) is 0 Å². The Morgan fingerprint density at radius 3 is 1.62 bits per heavy atom. The van der Waals surface area contributed by atoms with Crippen LogP contribution in [0.4, 0.5) is 0 Å². The molecule has 2 N–H and O–H groups in total. The smallest absolute Gasteiger partial charge is 0.233 e. The molecule has 0 heterocycles. The molecule has 0 bridgehead atoms. The van der Waals surface area contributed by atoms with Gasteiger partial charge in [-0.1, -0.05) is 9.98 Å². The van der Waals surface area contributed by atoms with E-state index in [0.717, 1.165) is 0 Å². The van der Waals surface area contributed by atoms with Gasteiger partial charge in [-0.3, -0.25) is 9.59 Å².